The lowest BCUT2D eigenvalue weighted by atomic mass is 10.1. The number of carbonyl (C=O) groups is 1. The quantitative estimate of drug-likeness (QED) is 0.720. The van der Waals surface area contributed by atoms with E-state index in [1.165, 1.54) is 0 Å². The molecule has 0 aromatic heterocycles. The molecule has 1 aromatic carbocycles. The predicted molar refractivity (Wildman–Crippen MR) is 48.3 cm³/mol. The average Bonchev–Trinajstić information content (AvgIpc) is 2.19. The molecule has 0 aliphatic heterocycles. The number of benzene rings is 1. The number of aliphatic hydroxyl groups is 1. The third-order valence-electron chi connectivity index (χ3n) is 1.69. The van der Waals surface area contributed by atoms with Gasteiger partial charge in [0.2, 0.25) is 5.82 Å². The number of carboxylic acids is 1. The maximum Gasteiger partial charge on any atom is 0.337 e. The van der Waals surface area contributed by atoms with E-state index >= 15 is 0 Å². The van der Waals surface area contributed by atoms with Crippen molar-refractivity contribution < 1.29 is 28.9 Å². The number of carboxylic acid groups (broad SMARTS) is 1. The normalized spacial score (nSPS) is 12.5. The van der Waals surface area contributed by atoms with Crippen LogP contribution in [-0.4, -0.2) is 21.3 Å². The number of phenolic OH excluding ortho intramolecular Hbond substituents is 1. The van der Waals surface area contributed by atoms with Crippen molar-refractivity contribution >= 4 is 21.9 Å². The number of aliphatic carboxylic acids is 1. The van der Waals surface area contributed by atoms with Crippen molar-refractivity contribution in [1.82, 2.24) is 0 Å². The minimum Gasteiger partial charge on any atom is -0.504 e. The zero-order valence-corrected chi connectivity index (χ0v) is 8.62. The van der Waals surface area contributed by atoms with E-state index in [4.69, 9.17) is 15.3 Å². The summed E-state index contributed by atoms with van der Waals surface area (Å²) in [7, 11) is 0. The Morgan fingerprint density at radius 1 is 1.40 bits per heavy atom. The molecule has 1 aromatic rings. The van der Waals surface area contributed by atoms with E-state index in [9.17, 15) is 13.6 Å². The molecule has 0 saturated carbocycles. The molecule has 0 amide bonds. The fourth-order valence-corrected chi connectivity index (χ4v) is 1.36. The summed E-state index contributed by atoms with van der Waals surface area (Å²) in [5, 5.41) is 26.3. The standard InChI is InChI=1S/C8H5BrF2O4/c9-3-1-2(6(12)8(14)15)4(10)5(11)7(3)13/h1,6,12-13H,(H,14,15). The molecular formula is C8H5BrF2O4. The number of hydrogen-bond acceptors (Lipinski definition) is 3. The predicted octanol–water partition coefficient (Wildman–Crippen LogP) is 1.55. The molecule has 7 heteroatoms. The maximum absolute atomic E-state index is 13.1. The first-order chi connectivity index (χ1) is 6.86. The third-order valence-corrected chi connectivity index (χ3v) is 2.30. The molecule has 0 aliphatic rings. The monoisotopic (exact) mass is 282 g/mol. The zero-order valence-electron chi connectivity index (χ0n) is 7.04. The summed E-state index contributed by atoms with van der Waals surface area (Å²) in [6.07, 6.45) is -2.18. The molecule has 0 aliphatic carbocycles. The van der Waals surface area contributed by atoms with E-state index in [-0.39, 0.29) is 4.47 Å². The number of phenols is 1. The number of aromatic hydroxyl groups is 1. The van der Waals surface area contributed by atoms with Crippen LogP contribution in [0.5, 0.6) is 5.75 Å². The van der Waals surface area contributed by atoms with Crippen LogP contribution in [0.3, 0.4) is 0 Å². The second-order valence-electron chi connectivity index (χ2n) is 2.66. The van der Waals surface area contributed by atoms with Gasteiger partial charge in [-0.1, -0.05) is 0 Å². The average molecular weight is 283 g/mol. The Labute approximate surface area is 90.9 Å². The molecule has 1 atom stereocenters. The second kappa shape index (κ2) is 4.11. The smallest absolute Gasteiger partial charge is 0.337 e. The van der Waals surface area contributed by atoms with Gasteiger partial charge in [-0.25, -0.2) is 9.18 Å². The SMILES string of the molecule is O=C(O)C(O)c1cc(Br)c(O)c(F)c1F. The topological polar surface area (TPSA) is 77.8 Å². The Morgan fingerprint density at radius 3 is 2.40 bits per heavy atom. The first kappa shape index (κ1) is 11.9. The van der Waals surface area contributed by atoms with Crippen LogP contribution in [0, 0.1) is 11.6 Å². The van der Waals surface area contributed by atoms with Crippen molar-refractivity contribution in [3.8, 4) is 5.75 Å². The van der Waals surface area contributed by atoms with Crippen LogP contribution in [0.25, 0.3) is 0 Å². The molecule has 0 heterocycles. The second-order valence-corrected chi connectivity index (χ2v) is 3.52. The van der Waals surface area contributed by atoms with Gasteiger partial charge < -0.3 is 15.3 Å². The number of aliphatic hydroxyl groups excluding tert-OH is 1. The highest BCUT2D eigenvalue weighted by Gasteiger charge is 2.25. The summed E-state index contributed by atoms with van der Waals surface area (Å²) in [5.74, 6) is -5.90. The van der Waals surface area contributed by atoms with Gasteiger partial charge in [-0.2, -0.15) is 4.39 Å². The van der Waals surface area contributed by atoms with Gasteiger partial charge in [0.1, 0.15) is 0 Å². The van der Waals surface area contributed by atoms with Crippen LogP contribution < -0.4 is 0 Å². The molecule has 0 radical (unpaired) electrons. The van der Waals surface area contributed by atoms with Crippen molar-refractivity contribution in [2.24, 2.45) is 0 Å². The fraction of sp³-hybridized carbons (Fsp3) is 0.125. The summed E-state index contributed by atoms with van der Waals surface area (Å²) in [4.78, 5) is 10.3. The molecule has 0 fully saturated rings. The van der Waals surface area contributed by atoms with E-state index < -0.39 is 35.0 Å². The van der Waals surface area contributed by atoms with Gasteiger partial charge in [0, 0.05) is 5.56 Å². The van der Waals surface area contributed by atoms with Gasteiger partial charge in [-0.15, -0.1) is 0 Å². The minimum absolute atomic E-state index is 0.239. The molecule has 1 unspecified atom stereocenters. The maximum atomic E-state index is 13.1. The first-order valence-corrected chi connectivity index (χ1v) is 4.42. The fourth-order valence-electron chi connectivity index (χ4n) is 0.936. The third kappa shape index (κ3) is 2.07. The highest BCUT2D eigenvalue weighted by Crippen LogP contribution is 2.33. The molecular weight excluding hydrogens is 278 g/mol. The van der Waals surface area contributed by atoms with Crippen LogP contribution in [0.1, 0.15) is 11.7 Å². The number of rotatable bonds is 2. The van der Waals surface area contributed by atoms with Crippen molar-refractivity contribution in [2.75, 3.05) is 0 Å². The van der Waals surface area contributed by atoms with E-state index in [1.54, 1.807) is 0 Å². The lowest BCUT2D eigenvalue weighted by Gasteiger charge is -2.09. The summed E-state index contributed by atoms with van der Waals surface area (Å²) in [6.45, 7) is 0. The van der Waals surface area contributed by atoms with Crippen molar-refractivity contribution in [3.05, 3.63) is 27.7 Å². The first-order valence-electron chi connectivity index (χ1n) is 3.63. The van der Waals surface area contributed by atoms with Crippen LogP contribution >= 0.6 is 15.9 Å². The Hall–Kier alpha value is -1.21. The lowest BCUT2D eigenvalue weighted by Crippen LogP contribution is -2.13. The van der Waals surface area contributed by atoms with Crippen LogP contribution in [0.4, 0.5) is 8.78 Å². The zero-order chi connectivity index (χ0) is 11.7. The van der Waals surface area contributed by atoms with Gasteiger partial charge >= 0.3 is 5.97 Å². The van der Waals surface area contributed by atoms with Gasteiger partial charge in [0.05, 0.1) is 4.47 Å². The van der Waals surface area contributed by atoms with Crippen LogP contribution in [0.15, 0.2) is 10.5 Å². The molecule has 82 valence electrons. The van der Waals surface area contributed by atoms with Crippen molar-refractivity contribution in [3.63, 3.8) is 0 Å². The lowest BCUT2D eigenvalue weighted by molar-refractivity contribution is -0.147. The van der Waals surface area contributed by atoms with Crippen molar-refractivity contribution in [1.29, 1.82) is 0 Å². The molecule has 1 rings (SSSR count). The molecule has 0 bridgehead atoms. The van der Waals surface area contributed by atoms with Crippen LogP contribution in [0.2, 0.25) is 0 Å². The van der Waals surface area contributed by atoms with Crippen molar-refractivity contribution in [2.45, 2.75) is 6.10 Å². The van der Waals surface area contributed by atoms with E-state index in [2.05, 4.69) is 15.9 Å². The van der Waals surface area contributed by atoms with E-state index in [0.29, 0.717) is 0 Å². The van der Waals surface area contributed by atoms with Gasteiger partial charge in [-0.05, 0) is 22.0 Å². The van der Waals surface area contributed by atoms with Gasteiger partial charge in [0.25, 0.3) is 0 Å². The Bertz CT molecular complexity index is 422. The van der Waals surface area contributed by atoms with Crippen LogP contribution in [-0.2, 0) is 4.79 Å². The van der Waals surface area contributed by atoms with Gasteiger partial charge in [0.15, 0.2) is 17.7 Å². The summed E-state index contributed by atoms with van der Waals surface area (Å²) < 4.78 is 25.8. The van der Waals surface area contributed by atoms with E-state index in [1.807, 2.05) is 0 Å². The molecule has 4 nitrogen and oxygen atoms in total. The Kier molecular flexibility index (Phi) is 3.25. The largest absolute Gasteiger partial charge is 0.504 e. The summed E-state index contributed by atoms with van der Waals surface area (Å²) in [6, 6.07) is 0.798. The number of hydrogen-bond donors (Lipinski definition) is 3. The van der Waals surface area contributed by atoms with E-state index in [0.717, 1.165) is 6.07 Å². The molecule has 0 spiro atoms. The molecule has 0 saturated heterocycles. The summed E-state index contributed by atoms with van der Waals surface area (Å²) in [5.41, 5.74) is -0.760. The van der Waals surface area contributed by atoms with Gasteiger partial charge in [-0.3, -0.25) is 0 Å². The molecule has 3 N–H and O–H groups in total. The summed E-state index contributed by atoms with van der Waals surface area (Å²) >= 11 is 2.69. The number of halogens is 3. The Balaban J connectivity index is 3.38. The molecule has 15 heavy (non-hydrogen) atoms. The highest BCUT2D eigenvalue weighted by molar-refractivity contribution is 9.10. The minimum atomic E-state index is -2.18. The Morgan fingerprint density at radius 2 is 1.93 bits per heavy atom. The highest BCUT2D eigenvalue weighted by atomic mass is 79.9.